The van der Waals surface area contributed by atoms with E-state index < -0.39 is 261 Å². The van der Waals surface area contributed by atoms with Gasteiger partial charge in [0.1, 0.15) is 72.2 Å². The topological polar surface area (TPSA) is 674 Å². The number of aliphatic carboxylic acids is 1. The quantitative estimate of drug-likeness (QED) is 0.0161. The molecule has 0 unspecified atom stereocenters. The Bertz CT molecular complexity index is 4320. The number of rotatable bonds is 46. The maximum Gasteiger partial charge on any atom is 0.303 e. The van der Waals surface area contributed by atoms with Crippen LogP contribution in [0.15, 0.2) is 85.2 Å². The molecular weight excluding hydrogens is 1510 g/mol. The van der Waals surface area contributed by atoms with Crippen LogP contribution in [0.3, 0.4) is 0 Å². The van der Waals surface area contributed by atoms with Crippen LogP contribution in [-0.2, 0) is 106 Å². The van der Waals surface area contributed by atoms with Gasteiger partial charge in [-0.1, -0.05) is 48.5 Å². The van der Waals surface area contributed by atoms with E-state index in [0.717, 1.165) is 13.8 Å². The number of nitrogens with one attached hydrogen (secondary N) is 14. The zero-order valence-electron chi connectivity index (χ0n) is 61.2. The van der Waals surface area contributed by atoms with Crippen LogP contribution in [0, 0.1) is 0 Å². The van der Waals surface area contributed by atoms with Gasteiger partial charge in [-0.25, -0.2) is 0 Å². The number of thiol groups is 2. The molecule has 0 fully saturated rings. The molecule has 0 bridgehead atoms. The summed E-state index contributed by atoms with van der Waals surface area (Å²) in [7, 11) is 0. The number of benzene rings is 3. The number of aromatic hydroxyl groups is 1. The molecule has 0 radical (unpaired) electrons. The summed E-state index contributed by atoms with van der Waals surface area (Å²) in [6, 6.07) is -1.01. The first-order chi connectivity index (χ1) is 52.6. The van der Waals surface area contributed by atoms with Crippen molar-refractivity contribution in [3.63, 3.8) is 0 Å². The minimum absolute atomic E-state index is 0.224. The number of amides is 17. The molecule has 5 aromatic rings. The number of aliphatic hydroxyl groups is 1. The number of nitrogens with two attached hydrogens (primary N) is 5. The second-order valence-corrected chi connectivity index (χ2v) is 28.2. The molecular formula is C70H93N19O21S2. The Kier molecular flexibility index (Phi) is 34.3. The van der Waals surface area contributed by atoms with Gasteiger partial charge in [-0.3, -0.25) is 86.3 Å². The minimum atomic E-state index is -2.05. The summed E-state index contributed by atoms with van der Waals surface area (Å²) in [5, 5.41) is 60.5. The molecule has 0 saturated heterocycles. The van der Waals surface area contributed by atoms with Crippen molar-refractivity contribution in [3.05, 3.63) is 102 Å². The molecule has 0 aliphatic heterocycles. The smallest absolute Gasteiger partial charge is 0.303 e. The Morgan fingerprint density at radius 2 is 0.812 bits per heavy atom. The molecule has 0 aliphatic rings. The van der Waals surface area contributed by atoms with Gasteiger partial charge in [-0.05, 0) is 81.0 Å². The van der Waals surface area contributed by atoms with Gasteiger partial charge in [0, 0.05) is 90.1 Å². The predicted octanol–water partition coefficient (Wildman–Crippen LogP) is -6.50. The fraction of sp³-hybridized carbons (Fsp3) is 0.429. The number of hydrogen-bond donors (Lipinski definition) is 24. The van der Waals surface area contributed by atoms with Crippen molar-refractivity contribution in [3.8, 4) is 5.75 Å². The van der Waals surface area contributed by atoms with E-state index in [-0.39, 0.29) is 17.1 Å². The Hall–Kier alpha value is -12.3. The molecule has 42 heteroatoms. The second-order valence-electron chi connectivity index (χ2n) is 26.7. The third kappa shape index (κ3) is 28.9. The summed E-state index contributed by atoms with van der Waals surface area (Å²) in [4.78, 5) is 248. The molecule has 3 aromatic carbocycles. The highest BCUT2D eigenvalue weighted by atomic mass is 32.1. The van der Waals surface area contributed by atoms with Gasteiger partial charge in [-0.2, -0.15) is 25.3 Å². The average Bonchev–Trinajstić information content (AvgIpc) is 1.53. The molecule has 0 saturated carbocycles. The maximum absolute atomic E-state index is 15.2. The average molecular weight is 1600 g/mol. The van der Waals surface area contributed by atoms with Crippen molar-refractivity contribution in [1.82, 2.24) is 73.8 Å². The highest BCUT2D eigenvalue weighted by Crippen LogP contribution is 2.24. The summed E-state index contributed by atoms with van der Waals surface area (Å²) in [5.41, 5.74) is 29.1. The van der Waals surface area contributed by atoms with E-state index >= 15 is 9.59 Å². The standard InChI is InChI=1S/C70H93N19O21S2/c1-32(90)57(88-61(102)42(17-20-51(71)93)82-67(108)50(31-111)79-33(2)91)68(109)86-47(25-36-29-77-41-12-8-6-10-39(36)41)64(105)80-43(18-21-52(72)94)62(103)89-58(70(3,4)112)69(110)87-45(23-34-13-15-37(92)16-14-34)63(104)83-46(24-35-28-76-40-11-7-5-9-38(35)40)65(106)85-49(27-54(74)96)66(107)81-44(19-22-56(98)99)60(101)84-48(26-53(73)95)59(100)78-30-55(75)97/h5-16,28-29,32,42-50,57-58,76-77,90,92,111-112H,17-27,30-31H2,1-4H3,(H2,71,93)(H2,72,94)(H2,73,95)(H2,74,96)(H2,75,97)(H,78,100)(H,79,91)(H,80,105)(H,81,107)(H,82,108)(H,83,104)(H,84,101)(H,85,106)(H,86,109)(H,87,110)(H,88,102)(H,89,103)(H,98,99)/t32-,42+,43+,44+,45+,46+,47+,48+,49-,50+,57+,58-/m1/s1. The SMILES string of the molecule is CC(=O)N[C@@H](CS)C(=O)N[C@@H](CCC(N)=O)C(=O)N[C@H](C(=O)N[C@@H](Cc1c[nH]c2ccccc12)C(=O)N[C@@H](CCC(N)=O)C(=O)N[C@H](C(=O)N[C@@H](Cc1ccc(O)cc1)C(=O)N[C@@H](Cc1c[nH]c2ccccc12)C(=O)N[C@H](CC(N)=O)C(=O)N[C@@H](CCC(=O)O)C(=O)N[C@@H](CC(N)=O)C(=O)NCC(N)=O)C(C)(C)S)[C@@H](C)O. The minimum Gasteiger partial charge on any atom is -0.508 e. The first-order valence-corrected chi connectivity index (χ1v) is 35.8. The molecule has 0 spiro atoms. The first kappa shape index (κ1) is 90.3. The van der Waals surface area contributed by atoms with Gasteiger partial charge >= 0.3 is 5.97 Å². The molecule has 40 nitrogen and oxygen atoms in total. The number of fused-ring (bicyclic) bond motifs is 2. The van der Waals surface area contributed by atoms with E-state index in [2.05, 4.69) is 99.0 Å². The van der Waals surface area contributed by atoms with Crippen LogP contribution in [-0.4, -0.2) is 221 Å². The van der Waals surface area contributed by atoms with E-state index in [9.17, 15) is 92.0 Å². The fourth-order valence-corrected chi connectivity index (χ4v) is 11.8. The van der Waals surface area contributed by atoms with Crippen molar-refractivity contribution >= 4 is 153 Å². The number of carboxylic acids is 1. The zero-order valence-corrected chi connectivity index (χ0v) is 63.0. The van der Waals surface area contributed by atoms with Crippen LogP contribution in [0.25, 0.3) is 21.8 Å². The number of para-hydroxylation sites is 2. The second kappa shape index (κ2) is 42.6. The maximum atomic E-state index is 15.2. The lowest BCUT2D eigenvalue weighted by Crippen LogP contribution is -2.64. The highest BCUT2D eigenvalue weighted by Gasteiger charge is 2.41. The number of aromatic nitrogens is 2. The molecule has 12 atom stereocenters. The van der Waals surface area contributed by atoms with E-state index in [1.54, 1.807) is 48.5 Å². The zero-order chi connectivity index (χ0) is 83.4. The van der Waals surface area contributed by atoms with Crippen LogP contribution in [0.4, 0.5) is 0 Å². The molecule has 606 valence electrons. The third-order valence-electron chi connectivity index (χ3n) is 17.1. The Morgan fingerprint density at radius 1 is 0.438 bits per heavy atom. The van der Waals surface area contributed by atoms with E-state index in [4.69, 9.17) is 28.7 Å². The van der Waals surface area contributed by atoms with Gasteiger partial charge in [0.25, 0.3) is 0 Å². The number of H-pyrrole nitrogens is 2. The Balaban J connectivity index is 1.51. The highest BCUT2D eigenvalue weighted by molar-refractivity contribution is 7.81. The molecule has 112 heavy (non-hydrogen) atoms. The number of carbonyl (C=O) groups is 18. The van der Waals surface area contributed by atoms with Crippen LogP contribution in [0.2, 0.25) is 0 Å². The molecule has 2 heterocycles. The van der Waals surface area contributed by atoms with E-state index in [1.807, 2.05) is 0 Å². The van der Waals surface area contributed by atoms with Crippen LogP contribution in [0.1, 0.15) is 95.8 Å². The summed E-state index contributed by atoms with van der Waals surface area (Å²) in [6.07, 6.45) is -5.64. The molecule has 5 rings (SSSR count). The van der Waals surface area contributed by atoms with Gasteiger partial charge in [0.2, 0.25) is 100 Å². The third-order valence-corrected chi connectivity index (χ3v) is 17.7. The Morgan fingerprint density at radius 3 is 1.23 bits per heavy atom. The lowest BCUT2D eigenvalue weighted by atomic mass is 9.98. The summed E-state index contributed by atoms with van der Waals surface area (Å²) in [5.74, 6) is -20.8. The van der Waals surface area contributed by atoms with Gasteiger partial charge in [-0.15, -0.1) is 0 Å². The lowest BCUT2D eigenvalue weighted by Gasteiger charge is -2.33. The van der Waals surface area contributed by atoms with Crippen molar-refractivity contribution < 1.29 is 102 Å². The van der Waals surface area contributed by atoms with E-state index in [1.165, 1.54) is 50.5 Å². The van der Waals surface area contributed by atoms with Gasteiger partial charge in [0.05, 0.1) is 25.5 Å². The number of carbonyl (C=O) groups excluding carboxylic acids is 17. The van der Waals surface area contributed by atoms with Gasteiger partial charge < -0.3 is 118 Å². The number of primary amides is 5. The van der Waals surface area contributed by atoms with Crippen LogP contribution >= 0.6 is 25.3 Å². The summed E-state index contributed by atoms with van der Waals surface area (Å²) in [6.45, 7) is 4.19. The van der Waals surface area contributed by atoms with Crippen LogP contribution in [0.5, 0.6) is 5.75 Å². The Labute approximate surface area is 650 Å². The monoisotopic (exact) mass is 1600 g/mol. The lowest BCUT2D eigenvalue weighted by molar-refractivity contribution is -0.139. The van der Waals surface area contributed by atoms with Crippen molar-refractivity contribution in [1.29, 1.82) is 0 Å². The van der Waals surface area contributed by atoms with Gasteiger partial charge in [0.15, 0.2) is 0 Å². The number of aromatic amines is 2. The largest absolute Gasteiger partial charge is 0.508 e. The number of phenolic OH excluding ortho intramolecular Hbond substituents is 1. The van der Waals surface area contributed by atoms with Crippen molar-refractivity contribution in [2.24, 2.45) is 28.7 Å². The molecule has 27 N–H and O–H groups in total. The number of hydrogen-bond acceptors (Lipinski definition) is 22. The summed E-state index contributed by atoms with van der Waals surface area (Å²) < 4.78 is -1.65. The van der Waals surface area contributed by atoms with Crippen LogP contribution < -0.4 is 92.5 Å². The predicted molar refractivity (Wildman–Crippen MR) is 405 cm³/mol. The van der Waals surface area contributed by atoms with Crippen molar-refractivity contribution in [2.45, 2.75) is 176 Å². The number of aliphatic hydroxyl groups excluding tert-OH is 1. The number of phenols is 1. The van der Waals surface area contributed by atoms with E-state index in [0.29, 0.717) is 32.9 Å². The molecule has 17 amide bonds. The molecule has 2 aromatic heterocycles. The summed E-state index contributed by atoms with van der Waals surface area (Å²) >= 11 is 8.73. The fourth-order valence-electron chi connectivity index (χ4n) is 11.4. The van der Waals surface area contributed by atoms with Crippen molar-refractivity contribution in [2.75, 3.05) is 12.3 Å². The normalized spacial score (nSPS) is 14.4. The molecule has 0 aliphatic carbocycles. The number of carboxylic acid groups (broad SMARTS) is 1. The first-order valence-electron chi connectivity index (χ1n) is 34.8.